The van der Waals surface area contributed by atoms with E-state index < -0.39 is 23.4 Å². The minimum Gasteiger partial charge on any atom is -0.376 e. The Morgan fingerprint density at radius 1 is 1.20 bits per heavy atom. The van der Waals surface area contributed by atoms with Crippen LogP contribution in [0.2, 0.25) is 0 Å². The molecule has 1 N–H and O–H groups in total. The summed E-state index contributed by atoms with van der Waals surface area (Å²) in [6.07, 6.45) is 4.62. The summed E-state index contributed by atoms with van der Waals surface area (Å²) in [5.74, 6) is -4.99. The van der Waals surface area contributed by atoms with Crippen molar-refractivity contribution < 1.29 is 22.7 Å². The first-order chi connectivity index (χ1) is 9.58. The SMILES string of the molecule is O=C(NCCOC1CCCC1)c1cc(F)c(F)c(F)c1. The van der Waals surface area contributed by atoms with E-state index in [1.54, 1.807) is 0 Å². The summed E-state index contributed by atoms with van der Waals surface area (Å²) >= 11 is 0. The first kappa shape index (κ1) is 14.8. The zero-order chi connectivity index (χ0) is 14.5. The van der Waals surface area contributed by atoms with Crippen LogP contribution in [-0.4, -0.2) is 25.2 Å². The van der Waals surface area contributed by atoms with Gasteiger partial charge in [-0.25, -0.2) is 13.2 Å². The van der Waals surface area contributed by atoms with Gasteiger partial charge in [-0.3, -0.25) is 4.79 Å². The molecule has 6 heteroatoms. The van der Waals surface area contributed by atoms with Gasteiger partial charge in [0, 0.05) is 12.1 Å². The highest BCUT2D eigenvalue weighted by molar-refractivity contribution is 5.94. The number of carbonyl (C=O) groups is 1. The summed E-state index contributed by atoms with van der Waals surface area (Å²) in [7, 11) is 0. The topological polar surface area (TPSA) is 38.3 Å². The minimum atomic E-state index is -1.58. The van der Waals surface area contributed by atoms with Crippen LogP contribution in [0.3, 0.4) is 0 Å². The third-order valence-electron chi connectivity index (χ3n) is 3.29. The van der Waals surface area contributed by atoms with Crippen LogP contribution in [0, 0.1) is 17.5 Å². The van der Waals surface area contributed by atoms with E-state index in [0.717, 1.165) is 25.7 Å². The molecule has 2 rings (SSSR count). The van der Waals surface area contributed by atoms with Gasteiger partial charge in [0.1, 0.15) is 0 Å². The highest BCUT2D eigenvalue weighted by Crippen LogP contribution is 2.20. The molecule has 1 aromatic carbocycles. The van der Waals surface area contributed by atoms with Crippen LogP contribution in [0.4, 0.5) is 13.2 Å². The molecule has 0 bridgehead atoms. The second-order valence-electron chi connectivity index (χ2n) is 4.79. The molecule has 1 aromatic rings. The van der Waals surface area contributed by atoms with E-state index in [-0.39, 0.29) is 18.2 Å². The fraction of sp³-hybridized carbons (Fsp3) is 0.500. The van der Waals surface area contributed by atoms with Crippen molar-refractivity contribution in [3.8, 4) is 0 Å². The maximum Gasteiger partial charge on any atom is 0.251 e. The summed E-state index contributed by atoms with van der Waals surface area (Å²) < 4.78 is 44.2. The van der Waals surface area contributed by atoms with Gasteiger partial charge in [-0.2, -0.15) is 0 Å². The molecule has 1 fully saturated rings. The van der Waals surface area contributed by atoms with E-state index in [2.05, 4.69) is 5.32 Å². The van der Waals surface area contributed by atoms with Crippen LogP contribution in [0.25, 0.3) is 0 Å². The summed E-state index contributed by atoms with van der Waals surface area (Å²) in [4.78, 5) is 11.6. The van der Waals surface area contributed by atoms with E-state index in [4.69, 9.17) is 4.74 Å². The Hall–Kier alpha value is -1.56. The van der Waals surface area contributed by atoms with E-state index in [1.165, 1.54) is 0 Å². The lowest BCUT2D eigenvalue weighted by Crippen LogP contribution is -2.28. The molecule has 0 aromatic heterocycles. The number of ether oxygens (including phenoxy) is 1. The standard InChI is InChI=1S/C14H16F3NO2/c15-11-7-9(8-12(16)13(11)17)14(19)18-5-6-20-10-3-1-2-4-10/h7-8,10H,1-6H2,(H,18,19). The largest absolute Gasteiger partial charge is 0.376 e. The molecular weight excluding hydrogens is 271 g/mol. The average Bonchev–Trinajstić information content (AvgIpc) is 2.93. The third-order valence-corrected chi connectivity index (χ3v) is 3.29. The van der Waals surface area contributed by atoms with Gasteiger partial charge in [-0.15, -0.1) is 0 Å². The van der Waals surface area contributed by atoms with E-state index >= 15 is 0 Å². The molecular formula is C14H16F3NO2. The van der Waals surface area contributed by atoms with Crippen LogP contribution < -0.4 is 5.32 Å². The number of benzene rings is 1. The molecule has 3 nitrogen and oxygen atoms in total. The molecule has 1 amide bonds. The Labute approximate surface area is 115 Å². The van der Waals surface area contributed by atoms with Crippen LogP contribution >= 0.6 is 0 Å². The summed E-state index contributed by atoms with van der Waals surface area (Å²) in [5.41, 5.74) is -0.248. The predicted octanol–water partition coefficient (Wildman–Crippen LogP) is 2.79. The Bertz CT molecular complexity index is 464. The quantitative estimate of drug-likeness (QED) is 0.668. The molecule has 20 heavy (non-hydrogen) atoms. The second-order valence-corrected chi connectivity index (χ2v) is 4.79. The van der Waals surface area contributed by atoms with E-state index in [9.17, 15) is 18.0 Å². The molecule has 1 aliphatic carbocycles. The number of amides is 1. The fourth-order valence-electron chi connectivity index (χ4n) is 2.23. The smallest absolute Gasteiger partial charge is 0.251 e. The molecule has 1 saturated carbocycles. The van der Waals surface area contributed by atoms with Crippen molar-refractivity contribution in [1.82, 2.24) is 5.32 Å². The van der Waals surface area contributed by atoms with Crippen LogP contribution in [0.1, 0.15) is 36.0 Å². The lowest BCUT2D eigenvalue weighted by atomic mass is 10.2. The van der Waals surface area contributed by atoms with Crippen LogP contribution in [-0.2, 0) is 4.74 Å². The van der Waals surface area contributed by atoms with Crippen molar-refractivity contribution in [2.75, 3.05) is 13.2 Å². The van der Waals surface area contributed by atoms with E-state index in [1.807, 2.05) is 0 Å². The number of nitrogens with one attached hydrogen (secondary N) is 1. The average molecular weight is 287 g/mol. The molecule has 0 unspecified atom stereocenters. The molecule has 0 radical (unpaired) electrons. The van der Waals surface area contributed by atoms with Crippen molar-refractivity contribution in [1.29, 1.82) is 0 Å². The number of rotatable bonds is 5. The minimum absolute atomic E-state index is 0.243. The van der Waals surface area contributed by atoms with Gasteiger partial charge >= 0.3 is 0 Å². The van der Waals surface area contributed by atoms with Gasteiger partial charge < -0.3 is 10.1 Å². The Morgan fingerprint density at radius 2 is 1.80 bits per heavy atom. The fourth-order valence-corrected chi connectivity index (χ4v) is 2.23. The van der Waals surface area contributed by atoms with Gasteiger partial charge in [0.15, 0.2) is 17.5 Å². The summed E-state index contributed by atoms with van der Waals surface area (Å²) in [5, 5.41) is 2.48. The second kappa shape index (κ2) is 6.74. The van der Waals surface area contributed by atoms with Crippen molar-refractivity contribution in [2.45, 2.75) is 31.8 Å². The highest BCUT2D eigenvalue weighted by Gasteiger charge is 2.16. The summed E-state index contributed by atoms with van der Waals surface area (Å²) in [6, 6.07) is 1.34. The van der Waals surface area contributed by atoms with Gasteiger partial charge in [-0.05, 0) is 25.0 Å². The molecule has 0 spiro atoms. The number of hydrogen-bond acceptors (Lipinski definition) is 2. The maximum atomic E-state index is 13.0. The zero-order valence-corrected chi connectivity index (χ0v) is 10.9. The predicted molar refractivity (Wildman–Crippen MR) is 66.9 cm³/mol. The normalized spacial score (nSPS) is 15.6. The van der Waals surface area contributed by atoms with Gasteiger partial charge in [0.25, 0.3) is 5.91 Å². The van der Waals surface area contributed by atoms with Crippen molar-refractivity contribution in [3.63, 3.8) is 0 Å². The monoisotopic (exact) mass is 287 g/mol. The van der Waals surface area contributed by atoms with Crippen molar-refractivity contribution in [3.05, 3.63) is 35.1 Å². The van der Waals surface area contributed by atoms with Gasteiger partial charge in [-0.1, -0.05) is 12.8 Å². The van der Waals surface area contributed by atoms with Gasteiger partial charge in [0.05, 0.1) is 12.7 Å². The molecule has 0 aliphatic heterocycles. The maximum absolute atomic E-state index is 13.0. The highest BCUT2D eigenvalue weighted by atomic mass is 19.2. The zero-order valence-electron chi connectivity index (χ0n) is 10.9. The Balaban J connectivity index is 1.79. The van der Waals surface area contributed by atoms with Gasteiger partial charge in [0.2, 0.25) is 0 Å². The number of halogens is 3. The lowest BCUT2D eigenvalue weighted by Gasteiger charge is -2.11. The molecule has 0 heterocycles. The third kappa shape index (κ3) is 3.72. The lowest BCUT2D eigenvalue weighted by molar-refractivity contribution is 0.0581. The molecule has 0 atom stereocenters. The van der Waals surface area contributed by atoms with E-state index in [0.29, 0.717) is 18.7 Å². The van der Waals surface area contributed by atoms with Crippen LogP contribution in [0.5, 0.6) is 0 Å². The molecule has 110 valence electrons. The number of carbonyl (C=O) groups excluding carboxylic acids is 1. The Kier molecular flexibility index (Phi) is 5.00. The Morgan fingerprint density at radius 3 is 2.40 bits per heavy atom. The first-order valence-corrected chi connectivity index (χ1v) is 6.62. The van der Waals surface area contributed by atoms with Crippen molar-refractivity contribution in [2.24, 2.45) is 0 Å². The van der Waals surface area contributed by atoms with Crippen LogP contribution in [0.15, 0.2) is 12.1 Å². The van der Waals surface area contributed by atoms with Crippen molar-refractivity contribution >= 4 is 5.91 Å². The first-order valence-electron chi connectivity index (χ1n) is 6.62. The molecule has 0 saturated heterocycles. The number of hydrogen-bond donors (Lipinski definition) is 1. The summed E-state index contributed by atoms with van der Waals surface area (Å²) in [6.45, 7) is 0.596. The molecule has 1 aliphatic rings.